The summed E-state index contributed by atoms with van der Waals surface area (Å²) in [6, 6.07) is 10.1. The smallest absolute Gasteiger partial charge is 0.281 e. The van der Waals surface area contributed by atoms with Crippen LogP contribution in [-0.4, -0.2) is 37.8 Å². The largest absolute Gasteiger partial charge is 0.546 e. The average Bonchev–Trinajstić information content (AvgIpc) is 3.01. The molecule has 1 aliphatic heterocycles. The van der Waals surface area contributed by atoms with Crippen LogP contribution in [0.1, 0.15) is 5.56 Å². The van der Waals surface area contributed by atoms with Crippen molar-refractivity contribution in [1.82, 2.24) is 5.32 Å². The molecule has 1 heterocycles. The van der Waals surface area contributed by atoms with Crippen LogP contribution in [0.3, 0.4) is 0 Å². The number of nitrogens with zero attached hydrogens (tertiary/aromatic N) is 1. The third kappa shape index (κ3) is 4.55. The van der Waals surface area contributed by atoms with Crippen molar-refractivity contribution in [2.24, 2.45) is 0 Å². The van der Waals surface area contributed by atoms with E-state index in [2.05, 4.69) is 21.2 Å². The number of thiocarbonyl (C=S) groups is 1. The van der Waals surface area contributed by atoms with E-state index in [1.807, 2.05) is 0 Å². The van der Waals surface area contributed by atoms with Gasteiger partial charge in [-0.05, 0) is 60.3 Å². The van der Waals surface area contributed by atoms with Crippen LogP contribution in [0, 0.1) is 0 Å². The summed E-state index contributed by atoms with van der Waals surface area (Å²) < 4.78 is 16.1. The zero-order valence-electron chi connectivity index (χ0n) is 15.9. The molecule has 1 amide bonds. The van der Waals surface area contributed by atoms with Crippen LogP contribution < -0.4 is 29.5 Å². The molecule has 10 heteroatoms. The SMILES string of the molecule is COc1ccc(N2C(=O)/C(=C/c3cc(OC)c(OCC(=O)[O-])cc3Br)NC2=S)cc1. The number of nitrogens with one attached hydrogen (secondary N) is 1. The number of ether oxygens (including phenoxy) is 3. The van der Waals surface area contributed by atoms with Gasteiger partial charge in [0.15, 0.2) is 16.6 Å². The average molecular weight is 492 g/mol. The van der Waals surface area contributed by atoms with E-state index in [1.165, 1.54) is 12.0 Å². The summed E-state index contributed by atoms with van der Waals surface area (Å²) in [5.41, 5.74) is 1.47. The molecule has 0 atom stereocenters. The maximum Gasteiger partial charge on any atom is 0.281 e. The Hall–Kier alpha value is -3.11. The van der Waals surface area contributed by atoms with Gasteiger partial charge in [-0.3, -0.25) is 9.69 Å². The van der Waals surface area contributed by atoms with Gasteiger partial charge in [0.05, 0.1) is 25.9 Å². The molecule has 156 valence electrons. The van der Waals surface area contributed by atoms with Crippen molar-refractivity contribution in [3.63, 3.8) is 0 Å². The Morgan fingerprint density at radius 3 is 2.50 bits per heavy atom. The highest BCUT2D eigenvalue weighted by Crippen LogP contribution is 2.35. The molecule has 0 aliphatic carbocycles. The summed E-state index contributed by atoms with van der Waals surface area (Å²) in [4.78, 5) is 24.9. The number of carbonyl (C=O) groups is 2. The van der Waals surface area contributed by atoms with E-state index in [9.17, 15) is 14.7 Å². The summed E-state index contributed by atoms with van der Waals surface area (Å²) in [5.74, 6) is -0.499. The second-order valence-electron chi connectivity index (χ2n) is 6.01. The Morgan fingerprint density at radius 2 is 1.90 bits per heavy atom. The van der Waals surface area contributed by atoms with Crippen LogP contribution >= 0.6 is 28.1 Å². The molecule has 30 heavy (non-hydrogen) atoms. The van der Waals surface area contributed by atoms with Gasteiger partial charge >= 0.3 is 0 Å². The number of halogens is 1. The third-order valence-corrected chi connectivity index (χ3v) is 5.11. The molecule has 0 spiro atoms. The predicted octanol–water partition coefficient (Wildman–Crippen LogP) is 1.86. The van der Waals surface area contributed by atoms with E-state index >= 15 is 0 Å². The summed E-state index contributed by atoms with van der Waals surface area (Å²) in [5, 5.41) is 13.8. The molecular weight excluding hydrogens is 476 g/mol. The van der Waals surface area contributed by atoms with Crippen LogP contribution in [0.5, 0.6) is 17.2 Å². The molecule has 0 saturated carbocycles. The fourth-order valence-corrected chi connectivity index (χ4v) is 3.46. The van der Waals surface area contributed by atoms with Crippen LogP contribution in [0.25, 0.3) is 6.08 Å². The van der Waals surface area contributed by atoms with Gasteiger partial charge in [0.25, 0.3) is 5.91 Å². The van der Waals surface area contributed by atoms with Crippen LogP contribution in [-0.2, 0) is 9.59 Å². The zero-order valence-corrected chi connectivity index (χ0v) is 18.3. The topological polar surface area (TPSA) is 100 Å². The maximum atomic E-state index is 12.9. The molecule has 0 unspecified atom stereocenters. The Kier molecular flexibility index (Phi) is 6.58. The van der Waals surface area contributed by atoms with Crippen molar-refractivity contribution in [2.45, 2.75) is 0 Å². The Morgan fingerprint density at radius 1 is 1.20 bits per heavy atom. The van der Waals surface area contributed by atoms with E-state index in [0.29, 0.717) is 27.2 Å². The van der Waals surface area contributed by atoms with Gasteiger partial charge in [-0.1, -0.05) is 15.9 Å². The van der Waals surface area contributed by atoms with E-state index in [1.54, 1.807) is 49.6 Å². The monoisotopic (exact) mass is 491 g/mol. The standard InChI is InChI=1S/C20H17BrN2O6S/c1-27-13-5-3-12(4-6-13)23-19(26)15(22-20(23)30)7-11-8-16(28-2)17(9-14(11)21)29-10-18(24)25/h3-9H,10H2,1-2H3,(H,22,30)(H,24,25)/p-1/b15-7-. The number of aliphatic carboxylic acids is 1. The lowest BCUT2D eigenvalue weighted by molar-refractivity contribution is -0.307. The molecule has 1 N–H and O–H groups in total. The highest BCUT2D eigenvalue weighted by atomic mass is 79.9. The number of hydrogen-bond donors (Lipinski definition) is 1. The minimum atomic E-state index is -1.35. The number of anilines is 1. The summed E-state index contributed by atoms with van der Waals surface area (Å²) >= 11 is 8.71. The van der Waals surface area contributed by atoms with Crippen LogP contribution in [0.15, 0.2) is 46.6 Å². The van der Waals surface area contributed by atoms with Gasteiger partial charge in [0, 0.05) is 4.47 Å². The van der Waals surface area contributed by atoms with Crippen molar-refractivity contribution in [3.8, 4) is 17.2 Å². The Bertz CT molecular complexity index is 1040. The number of benzene rings is 2. The second-order valence-corrected chi connectivity index (χ2v) is 7.25. The zero-order chi connectivity index (χ0) is 21.8. The molecule has 1 saturated heterocycles. The molecule has 8 nitrogen and oxygen atoms in total. The first-order chi connectivity index (χ1) is 14.3. The first-order valence-corrected chi connectivity index (χ1v) is 9.75. The van der Waals surface area contributed by atoms with Crippen molar-refractivity contribution in [2.75, 3.05) is 25.7 Å². The Labute approximate surface area is 186 Å². The number of amides is 1. The van der Waals surface area contributed by atoms with E-state index in [0.717, 1.165) is 0 Å². The fraction of sp³-hybridized carbons (Fsp3) is 0.150. The van der Waals surface area contributed by atoms with Crippen molar-refractivity contribution in [3.05, 3.63) is 52.1 Å². The number of hydrogen-bond acceptors (Lipinski definition) is 7. The van der Waals surface area contributed by atoms with E-state index in [4.69, 9.17) is 26.4 Å². The first kappa shape index (κ1) is 21.6. The molecule has 0 aromatic heterocycles. The van der Waals surface area contributed by atoms with Gasteiger partial charge in [0.2, 0.25) is 0 Å². The number of carboxylic acids is 1. The summed E-state index contributed by atoms with van der Waals surface area (Å²) in [7, 11) is 2.98. The third-order valence-electron chi connectivity index (χ3n) is 4.14. The second kappa shape index (κ2) is 9.14. The molecule has 2 aromatic carbocycles. The van der Waals surface area contributed by atoms with Crippen LogP contribution in [0.4, 0.5) is 5.69 Å². The molecule has 2 aromatic rings. The molecule has 1 fully saturated rings. The van der Waals surface area contributed by atoms with Crippen molar-refractivity contribution in [1.29, 1.82) is 0 Å². The van der Waals surface area contributed by atoms with Gasteiger partial charge in [-0.25, -0.2) is 0 Å². The lowest BCUT2D eigenvalue weighted by atomic mass is 10.1. The first-order valence-electron chi connectivity index (χ1n) is 8.55. The highest BCUT2D eigenvalue weighted by Gasteiger charge is 2.32. The van der Waals surface area contributed by atoms with Crippen LogP contribution in [0.2, 0.25) is 0 Å². The van der Waals surface area contributed by atoms with Gasteiger partial charge in [0.1, 0.15) is 18.1 Å². The highest BCUT2D eigenvalue weighted by molar-refractivity contribution is 9.10. The fourth-order valence-electron chi connectivity index (χ4n) is 2.73. The molecule has 3 rings (SSSR count). The molecule has 0 radical (unpaired) electrons. The summed E-state index contributed by atoms with van der Waals surface area (Å²) in [6.07, 6.45) is 1.60. The molecular formula is C20H16BrN2O6S-. The van der Waals surface area contributed by atoms with E-state index in [-0.39, 0.29) is 22.5 Å². The number of carbonyl (C=O) groups excluding carboxylic acids is 2. The van der Waals surface area contributed by atoms with Gasteiger partial charge in [-0.2, -0.15) is 0 Å². The van der Waals surface area contributed by atoms with Crippen molar-refractivity contribution < 1.29 is 28.9 Å². The van der Waals surface area contributed by atoms with Crippen molar-refractivity contribution >= 4 is 56.9 Å². The predicted molar refractivity (Wildman–Crippen MR) is 115 cm³/mol. The number of methoxy groups -OCH3 is 2. The van der Waals surface area contributed by atoms with Gasteiger partial charge < -0.3 is 29.4 Å². The molecule has 1 aliphatic rings. The lowest BCUT2D eigenvalue weighted by Crippen LogP contribution is -2.30. The number of rotatable bonds is 7. The quantitative estimate of drug-likeness (QED) is 0.462. The number of carboxylic acid groups (broad SMARTS) is 1. The van der Waals surface area contributed by atoms with E-state index < -0.39 is 12.6 Å². The minimum absolute atomic E-state index is 0.219. The minimum Gasteiger partial charge on any atom is -0.546 e. The Balaban J connectivity index is 1.90. The molecule has 0 bridgehead atoms. The summed E-state index contributed by atoms with van der Waals surface area (Å²) in [6.45, 7) is -0.617. The normalized spacial score (nSPS) is 14.6. The maximum absolute atomic E-state index is 12.9. The lowest BCUT2D eigenvalue weighted by Gasteiger charge is -2.14. The van der Waals surface area contributed by atoms with Gasteiger partial charge in [-0.15, -0.1) is 0 Å².